The molecular weight excluding hydrogens is 465 g/mol. The topological polar surface area (TPSA) is 115 Å². The van der Waals surface area contributed by atoms with Crippen molar-refractivity contribution in [3.63, 3.8) is 0 Å². The molecule has 0 atom stereocenters. The molecule has 0 saturated heterocycles. The first kappa shape index (κ1) is 20.9. The Bertz CT molecular complexity index is 1440. The van der Waals surface area contributed by atoms with E-state index in [-0.39, 0.29) is 35.2 Å². The number of para-hydroxylation sites is 1. The van der Waals surface area contributed by atoms with Crippen LogP contribution in [0, 0.1) is 5.92 Å². The molecule has 1 fully saturated rings. The first-order valence-electron chi connectivity index (χ1n) is 12.8. The molecule has 3 aromatic rings. The van der Waals surface area contributed by atoms with Gasteiger partial charge in [-0.15, -0.1) is 0 Å². The van der Waals surface area contributed by atoms with Gasteiger partial charge < -0.3 is 19.9 Å². The smallest absolute Gasteiger partial charge is 0.228 e. The zero-order valence-electron chi connectivity index (χ0n) is 23.1. The number of methoxy groups -OCH3 is 1. The SMILES string of the molecule is [2H]C([2H])([2H])n1nc(-c2cccc(Nc3cc(NC(=O)C4CC4)ncc3C(=O)CC)c2OC)cc1P(C)(C)=O. The Morgan fingerprint density at radius 2 is 2.03 bits per heavy atom. The molecule has 1 amide bonds. The van der Waals surface area contributed by atoms with Crippen molar-refractivity contribution >= 4 is 41.5 Å². The summed E-state index contributed by atoms with van der Waals surface area (Å²) in [5.41, 5.74) is 2.10. The molecule has 0 bridgehead atoms. The summed E-state index contributed by atoms with van der Waals surface area (Å²) in [6, 6.07) is 8.27. The minimum absolute atomic E-state index is 0.0110. The van der Waals surface area contributed by atoms with E-state index in [0.717, 1.165) is 17.5 Å². The summed E-state index contributed by atoms with van der Waals surface area (Å²) in [6.45, 7) is 2.10. The predicted molar refractivity (Wildman–Crippen MR) is 138 cm³/mol. The van der Waals surface area contributed by atoms with Crippen molar-refractivity contribution in [2.75, 3.05) is 31.1 Å². The van der Waals surface area contributed by atoms with E-state index in [9.17, 15) is 14.2 Å². The average Bonchev–Trinajstić information content (AvgIpc) is 3.59. The molecule has 10 heteroatoms. The number of benzene rings is 1. The van der Waals surface area contributed by atoms with E-state index in [2.05, 4.69) is 20.7 Å². The summed E-state index contributed by atoms with van der Waals surface area (Å²) in [6.07, 6.45) is 3.37. The van der Waals surface area contributed by atoms with E-state index in [1.54, 1.807) is 31.2 Å². The Balaban J connectivity index is 1.78. The highest BCUT2D eigenvalue weighted by Gasteiger charge is 2.30. The fraction of sp³-hybridized carbons (Fsp3) is 0.360. The van der Waals surface area contributed by atoms with Gasteiger partial charge in [0, 0.05) is 41.3 Å². The number of ether oxygens (including phenoxy) is 1. The van der Waals surface area contributed by atoms with Gasteiger partial charge in [0.25, 0.3) is 0 Å². The van der Waals surface area contributed by atoms with E-state index >= 15 is 0 Å². The van der Waals surface area contributed by atoms with Crippen LogP contribution >= 0.6 is 7.14 Å². The number of ketones is 1. The van der Waals surface area contributed by atoms with Crippen molar-refractivity contribution in [3.8, 4) is 17.0 Å². The van der Waals surface area contributed by atoms with E-state index in [1.165, 1.54) is 32.7 Å². The summed E-state index contributed by atoms with van der Waals surface area (Å²) in [4.78, 5) is 29.2. The molecule has 4 rings (SSSR count). The van der Waals surface area contributed by atoms with Crippen LogP contribution < -0.4 is 20.8 Å². The third kappa shape index (κ3) is 5.30. The number of nitrogens with one attached hydrogen (secondary N) is 2. The fourth-order valence-electron chi connectivity index (χ4n) is 3.70. The van der Waals surface area contributed by atoms with Crippen molar-refractivity contribution in [3.05, 3.63) is 42.1 Å². The van der Waals surface area contributed by atoms with Crippen molar-refractivity contribution in [2.45, 2.75) is 26.2 Å². The third-order valence-electron chi connectivity index (χ3n) is 5.73. The molecule has 2 N–H and O–H groups in total. The highest BCUT2D eigenvalue weighted by atomic mass is 31.2. The van der Waals surface area contributed by atoms with Gasteiger partial charge in [-0.2, -0.15) is 5.10 Å². The molecule has 1 aliphatic rings. The lowest BCUT2D eigenvalue weighted by atomic mass is 10.1. The molecular formula is C25H30N5O4P. The number of nitrogens with zero attached hydrogens (tertiary/aromatic N) is 3. The lowest BCUT2D eigenvalue weighted by Gasteiger charge is -2.17. The van der Waals surface area contributed by atoms with Crippen molar-refractivity contribution < 1.29 is 23.0 Å². The lowest BCUT2D eigenvalue weighted by molar-refractivity contribution is -0.117. The number of carbonyl (C=O) groups is 2. The minimum Gasteiger partial charge on any atom is -0.494 e. The number of aryl methyl sites for hydroxylation is 1. The maximum absolute atomic E-state index is 12.9. The fourth-order valence-corrected chi connectivity index (χ4v) is 4.64. The predicted octanol–water partition coefficient (Wildman–Crippen LogP) is 4.42. The van der Waals surface area contributed by atoms with Crippen LogP contribution in [0.25, 0.3) is 11.3 Å². The third-order valence-corrected chi connectivity index (χ3v) is 7.15. The van der Waals surface area contributed by atoms with E-state index < -0.39 is 14.1 Å². The second kappa shape index (κ2) is 9.66. The van der Waals surface area contributed by atoms with Crippen LogP contribution in [0.4, 0.5) is 17.2 Å². The van der Waals surface area contributed by atoms with Gasteiger partial charge in [-0.3, -0.25) is 14.3 Å². The number of rotatable bonds is 9. The van der Waals surface area contributed by atoms with Crippen LogP contribution in [-0.2, 0) is 16.3 Å². The van der Waals surface area contributed by atoms with Crippen molar-refractivity contribution in [1.29, 1.82) is 0 Å². The molecule has 35 heavy (non-hydrogen) atoms. The normalized spacial score (nSPS) is 15.0. The molecule has 0 aliphatic heterocycles. The van der Waals surface area contributed by atoms with Gasteiger partial charge in [0.1, 0.15) is 13.0 Å². The van der Waals surface area contributed by atoms with Gasteiger partial charge in [0.15, 0.2) is 11.5 Å². The van der Waals surface area contributed by atoms with Crippen LogP contribution in [-0.4, -0.2) is 46.9 Å². The van der Waals surface area contributed by atoms with Crippen molar-refractivity contribution in [2.24, 2.45) is 12.9 Å². The zero-order valence-corrected chi connectivity index (χ0v) is 21.0. The van der Waals surface area contributed by atoms with Crippen LogP contribution in [0.5, 0.6) is 5.75 Å². The standard InChI is InChI=1S/C25H30N5O4P/c1-6-21(31)17-14-26-22(28-25(32)15-10-11-15)12-19(17)27-18-9-7-8-16(24(18)34-3)20-13-23(30(2)29-20)35(4,5)33/h7-9,12-15H,6,10-11H2,1-5H3,(H2,26,27,28,32)/i2D3. The quantitative estimate of drug-likeness (QED) is 0.331. The number of amides is 1. The number of Topliss-reactive ketones (excluding diaryl/α,β-unsaturated/α-hetero) is 1. The number of hydrogen-bond donors (Lipinski definition) is 2. The maximum Gasteiger partial charge on any atom is 0.228 e. The molecule has 184 valence electrons. The number of pyridine rings is 1. The van der Waals surface area contributed by atoms with Gasteiger partial charge in [-0.25, -0.2) is 4.98 Å². The highest BCUT2D eigenvalue weighted by molar-refractivity contribution is 7.69. The number of anilines is 3. The Kier molecular flexibility index (Phi) is 5.76. The van der Waals surface area contributed by atoms with Crippen LogP contribution in [0.15, 0.2) is 36.5 Å². The van der Waals surface area contributed by atoms with Crippen LogP contribution in [0.2, 0.25) is 0 Å². The number of aromatic nitrogens is 3. The van der Waals surface area contributed by atoms with Gasteiger partial charge in [-0.05, 0) is 44.4 Å². The van der Waals surface area contributed by atoms with E-state index in [4.69, 9.17) is 8.85 Å². The molecule has 1 aromatic carbocycles. The highest BCUT2D eigenvalue weighted by Crippen LogP contribution is 2.40. The molecule has 0 spiro atoms. The average molecular weight is 499 g/mol. The summed E-state index contributed by atoms with van der Waals surface area (Å²) in [5, 5.41) is 10.3. The van der Waals surface area contributed by atoms with Gasteiger partial charge >= 0.3 is 0 Å². The first-order chi connectivity index (χ1) is 17.8. The van der Waals surface area contributed by atoms with Crippen molar-refractivity contribution in [1.82, 2.24) is 14.8 Å². The molecule has 2 heterocycles. The maximum atomic E-state index is 12.9. The summed E-state index contributed by atoms with van der Waals surface area (Å²) in [5.74, 6) is 0.393. The Morgan fingerprint density at radius 3 is 2.63 bits per heavy atom. The number of carbonyl (C=O) groups excluding carboxylic acids is 2. The van der Waals surface area contributed by atoms with Crippen LogP contribution in [0.3, 0.4) is 0 Å². The Morgan fingerprint density at radius 1 is 1.26 bits per heavy atom. The Labute approximate surface area is 208 Å². The van der Waals surface area contributed by atoms with Crippen LogP contribution in [0.1, 0.15) is 40.7 Å². The van der Waals surface area contributed by atoms with Gasteiger partial charge in [0.2, 0.25) is 5.91 Å². The number of hydrogen-bond acceptors (Lipinski definition) is 7. The van der Waals surface area contributed by atoms with Gasteiger partial charge in [0.05, 0.1) is 35.2 Å². The second-order valence-electron chi connectivity index (χ2n) is 8.82. The summed E-state index contributed by atoms with van der Waals surface area (Å²) < 4.78 is 42.9. The summed E-state index contributed by atoms with van der Waals surface area (Å²) in [7, 11) is -1.52. The molecule has 2 aromatic heterocycles. The monoisotopic (exact) mass is 498 g/mol. The molecule has 1 saturated carbocycles. The zero-order chi connectivity index (χ0) is 27.8. The minimum atomic E-state index is -2.98. The first-order valence-corrected chi connectivity index (χ1v) is 13.9. The molecule has 0 unspecified atom stereocenters. The Hall–Kier alpha value is -3.45. The lowest BCUT2D eigenvalue weighted by Crippen LogP contribution is -2.15. The molecule has 9 nitrogen and oxygen atoms in total. The largest absolute Gasteiger partial charge is 0.494 e. The van der Waals surface area contributed by atoms with E-state index in [1.807, 2.05) is 0 Å². The molecule has 0 radical (unpaired) electrons. The second-order valence-corrected chi connectivity index (χ2v) is 12.0. The molecule has 1 aliphatic carbocycles. The summed E-state index contributed by atoms with van der Waals surface area (Å²) >= 11 is 0. The van der Waals surface area contributed by atoms with Gasteiger partial charge in [-0.1, -0.05) is 13.0 Å². The van der Waals surface area contributed by atoms with E-state index in [0.29, 0.717) is 34.1 Å².